The van der Waals surface area contributed by atoms with Crippen molar-refractivity contribution in [3.8, 4) is 5.69 Å². The van der Waals surface area contributed by atoms with Crippen LogP contribution in [0.2, 0.25) is 0 Å². The Bertz CT molecular complexity index is 1290. The highest BCUT2D eigenvalue weighted by Crippen LogP contribution is 2.25. The molecule has 4 aromatic rings. The lowest BCUT2D eigenvalue weighted by Gasteiger charge is -2.08. The minimum absolute atomic E-state index is 0.0151. The largest absolute Gasteiger partial charge is 0.436 e. The number of hydrogen-bond donors (Lipinski definition) is 1. The SMILES string of the molecule is Cc1nc(C)c(C(=O)Nc2ccc(F)c(-n3cc4cc(CC(F)(F)F)cnc4n3)c2)o1. The third-order valence-corrected chi connectivity index (χ3v) is 4.38. The van der Waals surface area contributed by atoms with E-state index < -0.39 is 24.3 Å². The zero-order valence-electron chi connectivity index (χ0n) is 16.3. The minimum Gasteiger partial charge on any atom is -0.436 e. The second kappa shape index (κ2) is 7.49. The summed E-state index contributed by atoms with van der Waals surface area (Å²) in [6.07, 6.45) is -3.04. The molecule has 0 saturated carbocycles. The number of nitrogens with one attached hydrogen (secondary N) is 1. The lowest BCUT2D eigenvalue weighted by atomic mass is 10.2. The van der Waals surface area contributed by atoms with Crippen molar-refractivity contribution >= 4 is 22.6 Å². The van der Waals surface area contributed by atoms with Crippen molar-refractivity contribution in [2.75, 3.05) is 5.32 Å². The van der Waals surface area contributed by atoms with Gasteiger partial charge in [-0.25, -0.2) is 19.0 Å². The molecule has 7 nitrogen and oxygen atoms in total. The van der Waals surface area contributed by atoms with Crippen LogP contribution in [-0.4, -0.2) is 31.8 Å². The monoisotopic (exact) mass is 433 g/mol. The molecule has 160 valence electrons. The predicted octanol–water partition coefficient (Wildman–Crippen LogP) is 4.52. The number of pyridine rings is 1. The second-order valence-electron chi connectivity index (χ2n) is 6.89. The van der Waals surface area contributed by atoms with Crippen LogP contribution in [0.5, 0.6) is 0 Å². The molecule has 1 aromatic carbocycles. The number of carbonyl (C=O) groups is 1. The van der Waals surface area contributed by atoms with Crippen molar-refractivity contribution in [3.05, 3.63) is 65.4 Å². The maximum Gasteiger partial charge on any atom is 0.393 e. The number of rotatable bonds is 4. The molecule has 1 amide bonds. The van der Waals surface area contributed by atoms with E-state index in [4.69, 9.17) is 4.42 Å². The Hall–Kier alpha value is -3.76. The van der Waals surface area contributed by atoms with E-state index in [1.807, 2.05) is 0 Å². The van der Waals surface area contributed by atoms with Gasteiger partial charge >= 0.3 is 6.18 Å². The molecule has 0 aliphatic carbocycles. The highest BCUT2D eigenvalue weighted by molar-refractivity contribution is 6.03. The number of aromatic nitrogens is 4. The summed E-state index contributed by atoms with van der Waals surface area (Å²) in [4.78, 5) is 20.4. The molecule has 11 heteroatoms. The summed E-state index contributed by atoms with van der Waals surface area (Å²) in [6, 6.07) is 5.14. The van der Waals surface area contributed by atoms with E-state index in [-0.39, 0.29) is 28.3 Å². The number of amides is 1. The Labute approximate surface area is 172 Å². The average Bonchev–Trinajstić information content (AvgIpc) is 3.24. The summed E-state index contributed by atoms with van der Waals surface area (Å²) in [7, 11) is 0. The molecule has 0 atom stereocenters. The van der Waals surface area contributed by atoms with Gasteiger partial charge in [0.2, 0.25) is 5.76 Å². The number of anilines is 1. The van der Waals surface area contributed by atoms with Gasteiger partial charge in [0.25, 0.3) is 5.91 Å². The summed E-state index contributed by atoms with van der Waals surface area (Å²) in [6.45, 7) is 3.23. The van der Waals surface area contributed by atoms with Crippen LogP contribution in [-0.2, 0) is 6.42 Å². The molecule has 3 aromatic heterocycles. The van der Waals surface area contributed by atoms with E-state index in [1.165, 1.54) is 24.4 Å². The Morgan fingerprint density at radius 1 is 1.23 bits per heavy atom. The fraction of sp³-hybridized carbons (Fsp3) is 0.200. The number of hydrogen-bond acceptors (Lipinski definition) is 5. The van der Waals surface area contributed by atoms with E-state index in [9.17, 15) is 22.4 Å². The molecule has 31 heavy (non-hydrogen) atoms. The number of benzene rings is 1. The molecule has 3 heterocycles. The third-order valence-electron chi connectivity index (χ3n) is 4.38. The minimum atomic E-state index is -4.37. The maximum absolute atomic E-state index is 14.4. The summed E-state index contributed by atoms with van der Waals surface area (Å²) in [5.41, 5.74) is 0.793. The summed E-state index contributed by atoms with van der Waals surface area (Å²) < 4.78 is 58.7. The Kier molecular flexibility index (Phi) is 4.96. The van der Waals surface area contributed by atoms with Gasteiger partial charge in [0, 0.05) is 30.4 Å². The van der Waals surface area contributed by atoms with Crippen LogP contribution in [0.15, 0.2) is 41.1 Å². The average molecular weight is 433 g/mol. The van der Waals surface area contributed by atoms with E-state index in [1.54, 1.807) is 13.8 Å². The first-order chi connectivity index (χ1) is 14.6. The molecular weight excluding hydrogens is 418 g/mol. The van der Waals surface area contributed by atoms with E-state index in [0.717, 1.165) is 16.9 Å². The lowest BCUT2D eigenvalue weighted by Crippen LogP contribution is -2.13. The van der Waals surface area contributed by atoms with E-state index >= 15 is 0 Å². The quantitative estimate of drug-likeness (QED) is 0.478. The second-order valence-corrected chi connectivity index (χ2v) is 6.89. The van der Waals surface area contributed by atoms with Crippen LogP contribution in [0, 0.1) is 19.7 Å². The van der Waals surface area contributed by atoms with Crippen LogP contribution in [0.25, 0.3) is 16.7 Å². The van der Waals surface area contributed by atoms with Crippen molar-refractivity contribution in [1.82, 2.24) is 19.7 Å². The first kappa shape index (κ1) is 20.5. The normalized spacial score (nSPS) is 11.8. The Morgan fingerprint density at radius 2 is 2.00 bits per heavy atom. The molecule has 0 radical (unpaired) electrons. The zero-order valence-corrected chi connectivity index (χ0v) is 16.3. The molecule has 0 unspecified atom stereocenters. The molecule has 0 bridgehead atoms. The number of halogens is 4. The molecule has 0 saturated heterocycles. The number of oxazole rings is 1. The van der Waals surface area contributed by atoms with Crippen LogP contribution in [0.4, 0.5) is 23.2 Å². The number of alkyl halides is 3. The molecule has 1 N–H and O–H groups in total. The highest BCUT2D eigenvalue weighted by atomic mass is 19.4. The molecule has 0 aliphatic heterocycles. The van der Waals surface area contributed by atoms with Crippen molar-refractivity contribution in [3.63, 3.8) is 0 Å². The lowest BCUT2D eigenvalue weighted by molar-refractivity contribution is -0.127. The molecular formula is C20H15F4N5O2. The molecule has 4 rings (SSSR count). The van der Waals surface area contributed by atoms with Crippen LogP contribution in [0.1, 0.15) is 27.7 Å². The molecule has 0 fully saturated rings. The van der Waals surface area contributed by atoms with E-state index in [2.05, 4.69) is 20.4 Å². The summed E-state index contributed by atoms with van der Waals surface area (Å²) in [5.74, 6) is -0.828. The highest BCUT2D eigenvalue weighted by Gasteiger charge is 2.28. The fourth-order valence-electron chi connectivity index (χ4n) is 3.11. The van der Waals surface area contributed by atoms with Gasteiger partial charge < -0.3 is 9.73 Å². The van der Waals surface area contributed by atoms with Gasteiger partial charge in [-0.15, -0.1) is 5.10 Å². The number of aryl methyl sites for hydroxylation is 2. The summed E-state index contributed by atoms with van der Waals surface area (Å²) in [5, 5.41) is 7.04. The van der Waals surface area contributed by atoms with Gasteiger partial charge in [-0.05, 0) is 36.8 Å². The van der Waals surface area contributed by atoms with Gasteiger partial charge in [-0.3, -0.25) is 4.79 Å². The van der Waals surface area contributed by atoms with Gasteiger partial charge in [0.05, 0.1) is 12.1 Å². The number of nitrogens with zero attached hydrogens (tertiary/aromatic N) is 4. The summed E-state index contributed by atoms with van der Waals surface area (Å²) >= 11 is 0. The molecule has 0 aliphatic rings. The van der Waals surface area contributed by atoms with Gasteiger partial charge in [-0.2, -0.15) is 13.2 Å². The third kappa shape index (κ3) is 4.39. The van der Waals surface area contributed by atoms with E-state index in [0.29, 0.717) is 17.0 Å². The Morgan fingerprint density at radius 3 is 2.68 bits per heavy atom. The topological polar surface area (TPSA) is 85.8 Å². The maximum atomic E-state index is 14.4. The van der Waals surface area contributed by atoms with Crippen molar-refractivity contribution < 1.29 is 26.8 Å². The number of fused-ring (bicyclic) bond motifs is 1. The van der Waals surface area contributed by atoms with Crippen LogP contribution >= 0.6 is 0 Å². The smallest absolute Gasteiger partial charge is 0.393 e. The van der Waals surface area contributed by atoms with Gasteiger partial charge in [-0.1, -0.05) is 0 Å². The zero-order chi connectivity index (χ0) is 22.3. The van der Waals surface area contributed by atoms with Crippen LogP contribution in [0.3, 0.4) is 0 Å². The van der Waals surface area contributed by atoms with Crippen molar-refractivity contribution in [1.29, 1.82) is 0 Å². The standard InChI is InChI=1S/C20H15F4N5O2/c1-10-17(31-11(2)26-10)19(30)27-14-3-4-15(21)16(6-14)29-9-13-5-12(7-20(22,23)24)8-25-18(13)28-29/h3-6,8-9H,7H2,1-2H3,(H,27,30). The van der Waals surface area contributed by atoms with Crippen LogP contribution < -0.4 is 5.32 Å². The first-order valence-corrected chi connectivity index (χ1v) is 9.05. The Balaban J connectivity index is 1.64. The first-order valence-electron chi connectivity index (χ1n) is 9.05. The van der Waals surface area contributed by atoms with Gasteiger partial charge in [0.15, 0.2) is 11.5 Å². The van der Waals surface area contributed by atoms with Gasteiger partial charge in [0.1, 0.15) is 11.5 Å². The predicted molar refractivity (Wildman–Crippen MR) is 103 cm³/mol. The van der Waals surface area contributed by atoms with Crippen molar-refractivity contribution in [2.45, 2.75) is 26.4 Å². The number of carbonyl (C=O) groups excluding carboxylic acids is 1. The molecule has 0 spiro atoms. The fourth-order valence-corrected chi connectivity index (χ4v) is 3.11. The van der Waals surface area contributed by atoms with Crippen molar-refractivity contribution in [2.24, 2.45) is 0 Å².